The quantitative estimate of drug-likeness (QED) is 0.198. The Bertz CT molecular complexity index is 2810. The predicted molar refractivity (Wildman–Crippen MR) is 170 cm³/mol. The van der Waals surface area contributed by atoms with Gasteiger partial charge in [0.1, 0.15) is 0 Å². The summed E-state index contributed by atoms with van der Waals surface area (Å²) in [6.07, 6.45) is 1.71. The summed E-state index contributed by atoms with van der Waals surface area (Å²) in [6.45, 7) is 7.91. The topological polar surface area (TPSA) is 52.4 Å². The van der Waals surface area contributed by atoms with Crippen molar-refractivity contribution >= 4 is 87.5 Å². The first-order valence-corrected chi connectivity index (χ1v) is 13.8. The van der Waals surface area contributed by atoms with E-state index in [0.29, 0.717) is 22.8 Å². The highest BCUT2D eigenvalue weighted by atomic mass is 15.2. The fourth-order valence-corrected chi connectivity index (χ4v) is 7.03. The van der Waals surface area contributed by atoms with Crippen LogP contribution in [-0.4, -0.2) is 23.9 Å². The molecule has 0 aliphatic rings. The molecule has 0 aliphatic heterocycles. The summed E-state index contributed by atoms with van der Waals surface area (Å²) in [5, 5.41) is 10.1. The van der Waals surface area contributed by atoms with Gasteiger partial charge in [-0.1, -0.05) is 78.3 Å². The van der Waals surface area contributed by atoms with Crippen molar-refractivity contribution in [3.05, 3.63) is 121 Å². The molecule has 0 amide bonds. The number of pyridine rings is 1. The molecule has 0 radical (unpaired) electrons. The van der Waals surface area contributed by atoms with Crippen molar-refractivity contribution in [1.29, 1.82) is 0 Å². The van der Waals surface area contributed by atoms with Crippen molar-refractivity contribution in [2.75, 3.05) is 0 Å². The van der Waals surface area contributed by atoms with Crippen molar-refractivity contribution in [1.82, 2.24) is 23.9 Å². The number of hydrogen-bond acceptors (Lipinski definition) is 3. The summed E-state index contributed by atoms with van der Waals surface area (Å²) in [6, 6.07) is 36.2. The van der Waals surface area contributed by atoms with Crippen LogP contribution in [0.3, 0.4) is 0 Å². The maximum atomic E-state index is 7.91. The maximum absolute atomic E-state index is 7.91. The van der Waals surface area contributed by atoms with Gasteiger partial charge >= 0.3 is 5.95 Å². The summed E-state index contributed by atoms with van der Waals surface area (Å²) < 4.78 is 4.54. The lowest BCUT2D eigenvalue weighted by molar-refractivity contribution is 1.01. The molecule has 0 atom stereocenters. The molecule has 0 N–H and O–H groups in total. The summed E-state index contributed by atoms with van der Waals surface area (Å²) in [5.41, 5.74) is 6.12. The zero-order valence-corrected chi connectivity index (χ0v) is 22.1. The van der Waals surface area contributed by atoms with Crippen LogP contribution in [0.15, 0.2) is 109 Å². The molecule has 5 heterocycles. The Hall–Kier alpha value is -6.06. The van der Waals surface area contributed by atoms with Crippen LogP contribution in [0, 0.1) is 6.57 Å². The fraction of sp³-hybridized carbons (Fsp3) is 0. The molecule has 42 heavy (non-hydrogen) atoms. The highest BCUT2D eigenvalue weighted by molar-refractivity contribution is 6.36. The number of para-hydroxylation sites is 2. The van der Waals surface area contributed by atoms with Crippen LogP contribution < -0.4 is 0 Å². The molecule has 0 spiro atoms. The molecule has 0 aliphatic carbocycles. The smallest absolute Gasteiger partial charge is 0.333 e. The van der Waals surface area contributed by atoms with E-state index in [1.807, 2.05) is 12.1 Å². The van der Waals surface area contributed by atoms with Gasteiger partial charge in [-0.25, -0.2) is 4.98 Å². The van der Waals surface area contributed by atoms with Crippen LogP contribution in [-0.2, 0) is 0 Å². The van der Waals surface area contributed by atoms with E-state index in [9.17, 15) is 0 Å². The van der Waals surface area contributed by atoms with E-state index in [4.69, 9.17) is 16.5 Å². The highest BCUT2D eigenvalue weighted by Gasteiger charge is 2.26. The third-order valence-electron chi connectivity index (χ3n) is 8.71. The molecule has 5 aromatic heterocycles. The molecule has 6 heteroatoms. The Morgan fingerprint density at radius 3 is 2.12 bits per heavy atom. The van der Waals surface area contributed by atoms with Crippen LogP contribution in [0.4, 0.5) is 5.82 Å². The summed E-state index contributed by atoms with van der Waals surface area (Å²) >= 11 is 0. The number of hydrogen-bond donors (Lipinski definition) is 0. The van der Waals surface area contributed by atoms with Gasteiger partial charge in [-0.15, -0.1) is 0 Å². The Morgan fingerprint density at radius 1 is 0.571 bits per heavy atom. The average molecular weight is 535 g/mol. The van der Waals surface area contributed by atoms with Gasteiger partial charge in [-0.2, -0.15) is 4.98 Å². The summed E-state index contributed by atoms with van der Waals surface area (Å²) in [5.74, 6) is 0.746. The van der Waals surface area contributed by atoms with Gasteiger partial charge in [-0.3, -0.25) is 4.57 Å². The minimum atomic E-state index is 0.298. The van der Waals surface area contributed by atoms with Gasteiger partial charge in [0, 0.05) is 43.9 Å². The SMILES string of the molecule is [C-]#[N+]c1nc(-n2c3cc4ccccc4cc3c3c4c5ccccc5n5c6ccccc6c(cc32)c45)nc2ncccc12. The van der Waals surface area contributed by atoms with Gasteiger partial charge in [-0.05, 0) is 47.2 Å². The van der Waals surface area contributed by atoms with Gasteiger partial charge in [0.05, 0.1) is 27.6 Å². The molecule has 192 valence electrons. The molecular weight excluding hydrogens is 516 g/mol. The average Bonchev–Trinajstić information content (AvgIpc) is 3.67. The van der Waals surface area contributed by atoms with Crippen LogP contribution in [0.25, 0.3) is 92.5 Å². The minimum Gasteiger partial charge on any atom is -0.360 e. The third-order valence-corrected chi connectivity index (χ3v) is 8.71. The minimum absolute atomic E-state index is 0.298. The lowest BCUT2D eigenvalue weighted by Crippen LogP contribution is -2.02. The van der Waals surface area contributed by atoms with Gasteiger partial charge in [0.2, 0.25) is 0 Å². The van der Waals surface area contributed by atoms with Crippen LogP contribution in [0.5, 0.6) is 0 Å². The second-order valence-corrected chi connectivity index (χ2v) is 10.8. The number of fused-ring (bicyclic) bond motifs is 12. The largest absolute Gasteiger partial charge is 0.360 e. The standard InChI is InChI=1S/C36H18N6/c1-37-34-24-13-8-16-38-35(24)40-36(39-34)42-29-18-21-10-3-2-9-20(21)17-26(29)31-30(42)19-25-22-11-4-6-14-27(22)41-28-15-7-5-12-23(28)32(31)33(25)41/h2-19H. The highest BCUT2D eigenvalue weighted by Crippen LogP contribution is 2.47. The fourth-order valence-electron chi connectivity index (χ4n) is 7.03. The summed E-state index contributed by atoms with van der Waals surface area (Å²) in [4.78, 5) is 18.1. The first-order valence-electron chi connectivity index (χ1n) is 13.8. The lowest BCUT2D eigenvalue weighted by atomic mass is 10.0. The van der Waals surface area contributed by atoms with Crippen LogP contribution >= 0.6 is 0 Å². The molecule has 5 aromatic carbocycles. The summed E-state index contributed by atoms with van der Waals surface area (Å²) in [7, 11) is 0. The van der Waals surface area contributed by atoms with Crippen molar-refractivity contribution in [2.24, 2.45) is 0 Å². The number of nitrogens with zero attached hydrogens (tertiary/aromatic N) is 6. The van der Waals surface area contributed by atoms with Gasteiger partial charge in [0.25, 0.3) is 5.82 Å². The molecule has 0 saturated heterocycles. The molecule has 10 rings (SSSR count). The Morgan fingerprint density at radius 2 is 1.29 bits per heavy atom. The molecule has 6 nitrogen and oxygen atoms in total. The van der Waals surface area contributed by atoms with E-state index in [1.165, 1.54) is 43.5 Å². The molecule has 0 saturated carbocycles. The number of benzene rings is 5. The molecule has 0 unspecified atom stereocenters. The predicted octanol–water partition coefficient (Wildman–Crippen LogP) is 8.98. The third kappa shape index (κ3) is 2.56. The number of rotatable bonds is 1. The van der Waals surface area contributed by atoms with E-state index in [1.54, 1.807) is 6.20 Å². The Balaban J connectivity index is 1.52. The van der Waals surface area contributed by atoms with Crippen molar-refractivity contribution < 1.29 is 0 Å². The van der Waals surface area contributed by atoms with E-state index in [-0.39, 0.29) is 0 Å². The normalized spacial score (nSPS) is 12.3. The molecule has 0 bridgehead atoms. The first-order chi connectivity index (χ1) is 20.8. The molecular formula is C36H18N6. The Kier molecular flexibility index (Phi) is 3.91. The second kappa shape index (κ2) is 7.57. The van der Waals surface area contributed by atoms with E-state index in [2.05, 4.69) is 110 Å². The maximum Gasteiger partial charge on any atom is 0.333 e. The zero-order chi connectivity index (χ0) is 27.5. The van der Waals surface area contributed by atoms with Crippen molar-refractivity contribution in [2.45, 2.75) is 0 Å². The first kappa shape index (κ1) is 21.7. The van der Waals surface area contributed by atoms with Crippen molar-refractivity contribution in [3.8, 4) is 5.95 Å². The van der Waals surface area contributed by atoms with Gasteiger partial charge < -0.3 is 9.25 Å². The monoisotopic (exact) mass is 534 g/mol. The van der Waals surface area contributed by atoms with Crippen LogP contribution in [0.1, 0.15) is 0 Å². The van der Waals surface area contributed by atoms with E-state index < -0.39 is 0 Å². The van der Waals surface area contributed by atoms with E-state index >= 15 is 0 Å². The van der Waals surface area contributed by atoms with Gasteiger partial charge in [0.15, 0.2) is 5.65 Å². The van der Waals surface area contributed by atoms with Crippen molar-refractivity contribution in [3.63, 3.8) is 0 Å². The van der Waals surface area contributed by atoms with E-state index in [0.717, 1.165) is 27.2 Å². The lowest BCUT2D eigenvalue weighted by Gasteiger charge is -2.06. The molecule has 10 aromatic rings. The van der Waals surface area contributed by atoms with Crippen LogP contribution in [0.2, 0.25) is 0 Å². The second-order valence-electron chi connectivity index (χ2n) is 10.8. The number of aromatic nitrogens is 5. The molecule has 0 fully saturated rings. The Labute approximate surface area is 237 Å². The zero-order valence-electron chi connectivity index (χ0n) is 22.1.